The van der Waals surface area contributed by atoms with E-state index < -0.39 is 0 Å². The molecule has 1 saturated heterocycles. The van der Waals surface area contributed by atoms with Crippen LogP contribution in [0.15, 0.2) is 42.6 Å². The van der Waals surface area contributed by atoms with Crippen molar-refractivity contribution < 1.29 is 4.74 Å². The van der Waals surface area contributed by atoms with Crippen molar-refractivity contribution in [3.05, 3.63) is 53.7 Å². The molecule has 1 fully saturated rings. The number of pyridine rings is 2. The molecule has 176 valence electrons. The minimum absolute atomic E-state index is 0.0611. The summed E-state index contributed by atoms with van der Waals surface area (Å²) in [7, 11) is 3.81. The smallest absolute Gasteiger partial charge is 0.147 e. The number of nitrogens with one attached hydrogen (secondary N) is 1. The highest BCUT2D eigenvalue weighted by Gasteiger charge is 2.27. The Bertz CT molecular complexity index is 1430. The van der Waals surface area contributed by atoms with Crippen molar-refractivity contribution in [1.29, 1.82) is 5.26 Å². The van der Waals surface area contributed by atoms with Crippen LogP contribution in [0.3, 0.4) is 0 Å². The predicted octanol–water partition coefficient (Wildman–Crippen LogP) is 4.00. The fourth-order valence-corrected chi connectivity index (χ4v) is 5.24. The zero-order valence-corrected chi connectivity index (χ0v) is 20.0. The van der Waals surface area contributed by atoms with Gasteiger partial charge in [-0.1, -0.05) is 18.2 Å². The zero-order chi connectivity index (χ0) is 23.9. The summed E-state index contributed by atoms with van der Waals surface area (Å²) < 4.78 is 5.73. The average molecular weight is 466 g/mol. The van der Waals surface area contributed by atoms with Gasteiger partial charge in [0.15, 0.2) is 0 Å². The molecule has 0 bridgehead atoms. The topological polar surface area (TPSA) is 94.0 Å². The number of piperazine rings is 1. The SMILES string of the molecule is COc1cc2[nH]nc(-c3ccc(N4CCN(C)CC4)nc3)c2nc1-c1cccc2c1CCC2C#N. The molecule has 1 aliphatic heterocycles. The van der Waals surface area contributed by atoms with E-state index in [0.717, 1.165) is 84.0 Å². The Kier molecular flexibility index (Phi) is 5.34. The lowest BCUT2D eigenvalue weighted by Gasteiger charge is -2.33. The number of likely N-dealkylation sites (N-methyl/N-ethyl adjacent to an activating group) is 1. The van der Waals surface area contributed by atoms with Gasteiger partial charge >= 0.3 is 0 Å². The maximum absolute atomic E-state index is 9.55. The van der Waals surface area contributed by atoms with Crippen LogP contribution in [0.5, 0.6) is 5.75 Å². The lowest BCUT2D eigenvalue weighted by molar-refractivity contribution is 0.312. The summed E-state index contributed by atoms with van der Waals surface area (Å²) in [4.78, 5) is 14.4. The summed E-state index contributed by atoms with van der Waals surface area (Å²) in [5.74, 6) is 1.61. The van der Waals surface area contributed by atoms with Crippen LogP contribution < -0.4 is 9.64 Å². The van der Waals surface area contributed by atoms with E-state index in [-0.39, 0.29) is 5.92 Å². The molecule has 8 nitrogen and oxygen atoms in total. The Hall–Kier alpha value is -3.96. The van der Waals surface area contributed by atoms with Crippen molar-refractivity contribution in [2.45, 2.75) is 18.8 Å². The van der Waals surface area contributed by atoms with Crippen molar-refractivity contribution in [2.24, 2.45) is 0 Å². The van der Waals surface area contributed by atoms with Gasteiger partial charge in [0.1, 0.15) is 28.5 Å². The first-order chi connectivity index (χ1) is 17.2. The van der Waals surface area contributed by atoms with Crippen molar-refractivity contribution in [1.82, 2.24) is 25.1 Å². The summed E-state index contributed by atoms with van der Waals surface area (Å²) in [5.41, 5.74) is 7.37. The molecule has 0 spiro atoms. The van der Waals surface area contributed by atoms with Gasteiger partial charge in [-0.15, -0.1) is 0 Å². The van der Waals surface area contributed by atoms with Crippen molar-refractivity contribution in [3.8, 4) is 34.3 Å². The Balaban J connectivity index is 1.40. The van der Waals surface area contributed by atoms with Gasteiger partial charge in [-0.05, 0) is 43.1 Å². The number of hydrogen-bond donors (Lipinski definition) is 1. The molecule has 1 N–H and O–H groups in total. The van der Waals surface area contributed by atoms with Gasteiger partial charge in [-0.3, -0.25) is 5.10 Å². The van der Waals surface area contributed by atoms with E-state index in [1.54, 1.807) is 7.11 Å². The van der Waals surface area contributed by atoms with Crippen molar-refractivity contribution in [3.63, 3.8) is 0 Å². The minimum Gasteiger partial charge on any atom is -0.494 e. The number of nitrogens with zero attached hydrogens (tertiary/aromatic N) is 6. The predicted molar refractivity (Wildman–Crippen MR) is 135 cm³/mol. The maximum Gasteiger partial charge on any atom is 0.147 e. The molecular weight excluding hydrogens is 438 g/mol. The van der Waals surface area contributed by atoms with Gasteiger partial charge in [-0.2, -0.15) is 10.4 Å². The number of hydrogen-bond acceptors (Lipinski definition) is 7. The maximum atomic E-state index is 9.55. The van der Waals surface area contributed by atoms with Gasteiger partial charge in [0.2, 0.25) is 0 Å². The third-order valence-electron chi connectivity index (χ3n) is 7.25. The van der Waals surface area contributed by atoms with Crippen LogP contribution in [0.1, 0.15) is 23.5 Å². The highest BCUT2D eigenvalue weighted by Crippen LogP contribution is 2.42. The molecule has 0 radical (unpaired) electrons. The minimum atomic E-state index is -0.0611. The summed E-state index contributed by atoms with van der Waals surface area (Å²) in [5, 5.41) is 17.2. The number of benzene rings is 1. The van der Waals surface area contributed by atoms with Gasteiger partial charge in [-0.25, -0.2) is 9.97 Å². The van der Waals surface area contributed by atoms with Crippen molar-refractivity contribution >= 4 is 16.9 Å². The number of nitriles is 1. The fraction of sp³-hybridized carbons (Fsp3) is 0.333. The number of anilines is 1. The van der Waals surface area contributed by atoms with E-state index >= 15 is 0 Å². The number of ether oxygens (including phenoxy) is 1. The molecule has 0 saturated carbocycles. The Morgan fingerprint density at radius 2 is 1.97 bits per heavy atom. The molecule has 4 heterocycles. The molecule has 35 heavy (non-hydrogen) atoms. The fourth-order valence-electron chi connectivity index (χ4n) is 5.24. The number of fused-ring (bicyclic) bond motifs is 2. The first kappa shape index (κ1) is 21.6. The molecular formula is C27H27N7O. The standard InChI is InChI=1S/C27H27N7O/c1-33-10-12-34(13-11-33)24-9-7-18(16-29-24)25-27-22(31-32-25)14-23(35-2)26(30-27)21-5-3-4-19-17(15-28)6-8-20(19)21/h3-5,7,9,14,16-17H,6,8,10-13H2,1-2H3,(H,31,32). The zero-order valence-electron chi connectivity index (χ0n) is 20.0. The largest absolute Gasteiger partial charge is 0.494 e. The van der Waals surface area contributed by atoms with Crippen LogP contribution in [0.4, 0.5) is 5.82 Å². The Morgan fingerprint density at radius 1 is 1.11 bits per heavy atom. The number of aromatic nitrogens is 4. The Morgan fingerprint density at radius 3 is 2.71 bits per heavy atom. The van der Waals surface area contributed by atoms with Crippen LogP contribution in [0.25, 0.3) is 33.5 Å². The van der Waals surface area contributed by atoms with E-state index in [2.05, 4.69) is 57.4 Å². The molecule has 4 aromatic rings. The average Bonchev–Trinajstić information content (AvgIpc) is 3.52. The first-order valence-corrected chi connectivity index (χ1v) is 12.0. The molecule has 1 atom stereocenters. The summed E-state index contributed by atoms with van der Waals surface area (Å²) in [6, 6.07) is 14.7. The van der Waals surface area contributed by atoms with Crippen LogP contribution in [0.2, 0.25) is 0 Å². The van der Waals surface area contributed by atoms with Crippen LogP contribution in [0, 0.1) is 11.3 Å². The van der Waals surface area contributed by atoms with Crippen LogP contribution >= 0.6 is 0 Å². The van der Waals surface area contributed by atoms with E-state index in [0.29, 0.717) is 5.75 Å². The highest BCUT2D eigenvalue weighted by molar-refractivity contribution is 5.93. The lowest BCUT2D eigenvalue weighted by Crippen LogP contribution is -2.44. The van der Waals surface area contributed by atoms with E-state index in [1.807, 2.05) is 18.3 Å². The third-order valence-corrected chi connectivity index (χ3v) is 7.25. The van der Waals surface area contributed by atoms with E-state index in [9.17, 15) is 5.26 Å². The van der Waals surface area contributed by atoms with Gasteiger partial charge in [0.25, 0.3) is 0 Å². The molecule has 1 aliphatic carbocycles. The van der Waals surface area contributed by atoms with Crippen LogP contribution in [-0.2, 0) is 6.42 Å². The quantitative estimate of drug-likeness (QED) is 0.487. The van der Waals surface area contributed by atoms with Crippen LogP contribution in [-0.4, -0.2) is 65.4 Å². The lowest BCUT2D eigenvalue weighted by atomic mass is 9.97. The normalized spacial score (nSPS) is 18.0. The number of H-pyrrole nitrogens is 1. The molecule has 6 rings (SSSR count). The second-order valence-corrected chi connectivity index (χ2v) is 9.30. The van der Waals surface area contributed by atoms with Gasteiger partial charge in [0.05, 0.1) is 24.6 Å². The molecule has 3 aromatic heterocycles. The summed E-state index contributed by atoms with van der Waals surface area (Å²) in [6.45, 7) is 4.04. The summed E-state index contributed by atoms with van der Waals surface area (Å²) >= 11 is 0. The highest BCUT2D eigenvalue weighted by atomic mass is 16.5. The molecule has 1 aromatic carbocycles. The molecule has 2 aliphatic rings. The molecule has 0 amide bonds. The Labute approximate surface area is 204 Å². The van der Waals surface area contributed by atoms with E-state index in [4.69, 9.17) is 14.7 Å². The monoisotopic (exact) mass is 465 g/mol. The second-order valence-electron chi connectivity index (χ2n) is 9.30. The number of rotatable bonds is 4. The third kappa shape index (κ3) is 3.69. The summed E-state index contributed by atoms with van der Waals surface area (Å²) in [6.07, 6.45) is 3.59. The van der Waals surface area contributed by atoms with Crippen molar-refractivity contribution in [2.75, 3.05) is 45.2 Å². The first-order valence-electron chi connectivity index (χ1n) is 12.0. The molecule has 8 heteroatoms. The number of aromatic amines is 1. The number of methoxy groups -OCH3 is 1. The van der Waals surface area contributed by atoms with Gasteiger partial charge in [0, 0.05) is 49.6 Å². The molecule has 1 unspecified atom stereocenters. The second kappa shape index (κ2) is 8.67. The van der Waals surface area contributed by atoms with Gasteiger partial charge < -0.3 is 14.5 Å². The van der Waals surface area contributed by atoms with E-state index in [1.165, 1.54) is 5.56 Å².